The minimum Gasteiger partial charge on any atom is -0.459 e. The maximum Gasteiger partial charge on any atom is 0.291 e. The quantitative estimate of drug-likeness (QED) is 0.765. The third-order valence-corrected chi connectivity index (χ3v) is 3.33. The van der Waals surface area contributed by atoms with Gasteiger partial charge in [-0.15, -0.1) is 0 Å². The molecule has 0 radical (unpaired) electrons. The van der Waals surface area contributed by atoms with Crippen molar-refractivity contribution >= 4 is 11.6 Å². The standard InChI is InChI=1S/C18H15NO2/c1-13-9-10-15(19-18(20)17-8-5-11-21-17)12-16(13)14-6-3-2-4-7-14/h2-12H,1H3,(H,19,20). The lowest BCUT2D eigenvalue weighted by Crippen LogP contribution is -2.10. The number of nitrogens with one attached hydrogen (secondary N) is 1. The van der Waals surface area contributed by atoms with Crippen LogP contribution in [0.4, 0.5) is 5.69 Å². The van der Waals surface area contributed by atoms with Gasteiger partial charge >= 0.3 is 0 Å². The Morgan fingerprint density at radius 2 is 1.81 bits per heavy atom. The van der Waals surface area contributed by atoms with E-state index in [0.29, 0.717) is 5.76 Å². The maximum absolute atomic E-state index is 12.0. The molecule has 0 saturated heterocycles. The summed E-state index contributed by atoms with van der Waals surface area (Å²) in [6.07, 6.45) is 1.49. The Balaban J connectivity index is 1.90. The Kier molecular flexibility index (Phi) is 3.56. The van der Waals surface area contributed by atoms with E-state index < -0.39 is 0 Å². The smallest absolute Gasteiger partial charge is 0.291 e. The van der Waals surface area contributed by atoms with E-state index in [2.05, 4.69) is 24.4 Å². The summed E-state index contributed by atoms with van der Waals surface area (Å²) < 4.78 is 5.09. The van der Waals surface area contributed by atoms with Crippen LogP contribution in [0.5, 0.6) is 0 Å². The van der Waals surface area contributed by atoms with Crippen molar-refractivity contribution in [2.45, 2.75) is 6.92 Å². The Hall–Kier alpha value is -2.81. The van der Waals surface area contributed by atoms with Gasteiger partial charge in [-0.2, -0.15) is 0 Å². The molecule has 1 heterocycles. The van der Waals surface area contributed by atoms with E-state index in [1.54, 1.807) is 12.1 Å². The summed E-state index contributed by atoms with van der Waals surface area (Å²) in [7, 11) is 0. The Morgan fingerprint density at radius 3 is 2.52 bits per heavy atom. The monoisotopic (exact) mass is 277 g/mol. The summed E-state index contributed by atoms with van der Waals surface area (Å²) in [5.41, 5.74) is 4.15. The molecular formula is C18H15NO2. The van der Waals surface area contributed by atoms with Crippen molar-refractivity contribution in [1.82, 2.24) is 0 Å². The molecule has 3 heteroatoms. The Labute approximate surface area is 123 Å². The highest BCUT2D eigenvalue weighted by molar-refractivity contribution is 6.02. The molecule has 0 atom stereocenters. The molecule has 0 aliphatic heterocycles. The maximum atomic E-state index is 12.0. The average Bonchev–Trinajstić information content (AvgIpc) is 3.04. The molecule has 21 heavy (non-hydrogen) atoms. The van der Waals surface area contributed by atoms with Crippen molar-refractivity contribution in [2.24, 2.45) is 0 Å². The number of aryl methyl sites for hydroxylation is 1. The molecule has 0 saturated carbocycles. The molecule has 1 amide bonds. The van der Waals surface area contributed by atoms with E-state index in [4.69, 9.17) is 4.42 Å². The lowest BCUT2D eigenvalue weighted by Gasteiger charge is -2.10. The summed E-state index contributed by atoms with van der Waals surface area (Å²) in [4.78, 5) is 12.0. The van der Waals surface area contributed by atoms with Gasteiger partial charge in [0, 0.05) is 5.69 Å². The molecule has 0 fully saturated rings. The van der Waals surface area contributed by atoms with Crippen LogP contribution in [0.25, 0.3) is 11.1 Å². The molecule has 1 N–H and O–H groups in total. The van der Waals surface area contributed by atoms with Crippen LogP contribution in [0.2, 0.25) is 0 Å². The zero-order valence-corrected chi connectivity index (χ0v) is 11.7. The van der Waals surface area contributed by atoms with Gasteiger partial charge in [0.15, 0.2) is 5.76 Å². The summed E-state index contributed by atoms with van der Waals surface area (Å²) in [6.45, 7) is 2.06. The minimum atomic E-state index is -0.247. The zero-order chi connectivity index (χ0) is 14.7. The fraction of sp³-hybridized carbons (Fsp3) is 0.0556. The van der Waals surface area contributed by atoms with Crippen molar-refractivity contribution < 1.29 is 9.21 Å². The van der Waals surface area contributed by atoms with E-state index in [9.17, 15) is 4.79 Å². The first-order valence-electron chi connectivity index (χ1n) is 6.75. The molecular weight excluding hydrogens is 262 g/mol. The van der Waals surface area contributed by atoms with Crippen LogP contribution in [-0.2, 0) is 0 Å². The molecule has 0 bridgehead atoms. The third kappa shape index (κ3) is 2.87. The second-order valence-electron chi connectivity index (χ2n) is 4.83. The van der Waals surface area contributed by atoms with Crippen LogP contribution in [0.1, 0.15) is 16.1 Å². The number of anilines is 1. The van der Waals surface area contributed by atoms with E-state index >= 15 is 0 Å². The number of amides is 1. The van der Waals surface area contributed by atoms with E-state index in [1.807, 2.05) is 36.4 Å². The van der Waals surface area contributed by atoms with Gasteiger partial charge in [-0.3, -0.25) is 4.79 Å². The van der Waals surface area contributed by atoms with Crippen LogP contribution in [-0.4, -0.2) is 5.91 Å². The topological polar surface area (TPSA) is 42.2 Å². The SMILES string of the molecule is Cc1ccc(NC(=O)c2ccco2)cc1-c1ccccc1. The third-order valence-electron chi connectivity index (χ3n) is 3.33. The molecule has 3 rings (SSSR count). The van der Waals surface area contributed by atoms with Gasteiger partial charge in [0.05, 0.1) is 6.26 Å². The van der Waals surface area contributed by atoms with E-state index in [-0.39, 0.29) is 5.91 Å². The van der Waals surface area contributed by atoms with Crippen molar-refractivity contribution in [3.8, 4) is 11.1 Å². The number of carbonyl (C=O) groups is 1. The minimum absolute atomic E-state index is 0.247. The van der Waals surface area contributed by atoms with Gasteiger partial charge in [0.25, 0.3) is 5.91 Å². The van der Waals surface area contributed by atoms with Gasteiger partial charge < -0.3 is 9.73 Å². The molecule has 0 aliphatic rings. The van der Waals surface area contributed by atoms with Gasteiger partial charge in [0.1, 0.15) is 0 Å². The first kappa shape index (κ1) is 13.2. The lowest BCUT2D eigenvalue weighted by molar-refractivity contribution is 0.0996. The Bertz CT molecular complexity index is 746. The number of hydrogen-bond donors (Lipinski definition) is 1. The second kappa shape index (κ2) is 5.67. The van der Waals surface area contributed by atoms with Gasteiger partial charge in [-0.1, -0.05) is 36.4 Å². The van der Waals surface area contributed by atoms with Gasteiger partial charge in [-0.05, 0) is 47.9 Å². The lowest BCUT2D eigenvalue weighted by atomic mass is 10.00. The predicted octanol–water partition coefficient (Wildman–Crippen LogP) is 4.51. The molecule has 2 aromatic carbocycles. The molecule has 0 spiro atoms. The summed E-state index contributed by atoms with van der Waals surface area (Å²) in [5.74, 6) is 0.0553. The number of carbonyl (C=O) groups excluding carboxylic acids is 1. The highest BCUT2D eigenvalue weighted by atomic mass is 16.3. The van der Waals surface area contributed by atoms with Gasteiger partial charge in [-0.25, -0.2) is 0 Å². The Morgan fingerprint density at radius 1 is 1.00 bits per heavy atom. The van der Waals surface area contributed by atoms with Crippen molar-refractivity contribution in [2.75, 3.05) is 5.32 Å². The van der Waals surface area contributed by atoms with Crippen LogP contribution in [0.15, 0.2) is 71.3 Å². The van der Waals surface area contributed by atoms with Crippen molar-refractivity contribution in [1.29, 1.82) is 0 Å². The van der Waals surface area contributed by atoms with Crippen LogP contribution in [0, 0.1) is 6.92 Å². The fourth-order valence-electron chi connectivity index (χ4n) is 2.23. The molecule has 0 aliphatic carbocycles. The number of hydrogen-bond acceptors (Lipinski definition) is 2. The largest absolute Gasteiger partial charge is 0.459 e. The summed E-state index contributed by atoms with van der Waals surface area (Å²) in [6, 6.07) is 19.3. The van der Waals surface area contributed by atoms with Crippen molar-refractivity contribution in [3.05, 3.63) is 78.3 Å². The molecule has 3 aromatic rings. The second-order valence-corrected chi connectivity index (χ2v) is 4.83. The summed E-state index contributed by atoms with van der Waals surface area (Å²) in [5, 5.41) is 2.85. The van der Waals surface area contributed by atoms with E-state index in [1.165, 1.54) is 6.26 Å². The first-order valence-corrected chi connectivity index (χ1v) is 6.75. The van der Waals surface area contributed by atoms with Crippen LogP contribution < -0.4 is 5.32 Å². The van der Waals surface area contributed by atoms with Crippen molar-refractivity contribution in [3.63, 3.8) is 0 Å². The normalized spacial score (nSPS) is 10.3. The van der Waals surface area contributed by atoms with E-state index in [0.717, 1.165) is 22.4 Å². The number of furan rings is 1. The van der Waals surface area contributed by atoms with Crippen LogP contribution in [0.3, 0.4) is 0 Å². The molecule has 1 aromatic heterocycles. The average molecular weight is 277 g/mol. The molecule has 0 unspecified atom stereocenters. The van der Waals surface area contributed by atoms with Crippen LogP contribution >= 0.6 is 0 Å². The summed E-state index contributed by atoms with van der Waals surface area (Å²) >= 11 is 0. The molecule has 104 valence electrons. The number of rotatable bonds is 3. The first-order chi connectivity index (χ1) is 10.2. The molecule has 3 nitrogen and oxygen atoms in total. The van der Waals surface area contributed by atoms with Gasteiger partial charge in [0.2, 0.25) is 0 Å². The highest BCUT2D eigenvalue weighted by Gasteiger charge is 2.10. The zero-order valence-electron chi connectivity index (χ0n) is 11.7. The number of benzene rings is 2. The fourth-order valence-corrected chi connectivity index (χ4v) is 2.23. The predicted molar refractivity (Wildman–Crippen MR) is 83.3 cm³/mol. The highest BCUT2D eigenvalue weighted by Crippen LogP contribution is 2.26.